The number of aliphatic hydroxyl groups excluding tert-OH is 1. The first-order chi connectivity index (χ1) is 10.2. The van der Waals surface area contributed by atoms with Gasteiger partial charge >= 0.3 is 0 Å². The summed E-state index contributed by atoms with van der Waals surface area (Å²) >= 11 is 0. The van der Waals surface area contributed by atoms with Crippen molar-refractivity contribution in [2.45, 2.75) is 51.2 Å². The van der Waals surface area contributed by atoms with Gasteiger partial charge in [-0.25, -0.2) is 0 Å². The highest BCUT2D eigenvalue weighted by Crippen LogP contribution is 2.50. The molecule has 1 spiro atoms. The van der Waals surface area contributed by atoms with E-state index < -0.39 is 0 Å². The number of piperidine rings is 1. The van der Waals surface area contributed by atoms with Gasteiger partial charge in [0.05, 0.1) is 18.8 Å². The molecular weight excluding hydrogens is 268 g/mol. The van der Waals surface area contributed by atoms with E-state index in [4.69, 9.17) is 4.74 Å². The molecule has 1 saturated carbocycles. The summed E-state index contributed by atoms with van der Waals surface area (Å²) in [5.74, 6) is 0.277. The highest BCUT2D eigenvalue weighted by Gasteiger charge is 2.56. The largest absolute Gasteiger partial charge is 0.392 e. The third-order valence-corrected chi connectivity index (χ3v) is 5.71. The molecule has 2 saturated heterocycles. The first-order valence-electron chi connectivity index (χ1n) is 8.45. The van der Waals surface area contributed by atoms with Crippen LogP contribution in [0.5, 0.6) is 0 Å². The maximum Gasteiger partial charge on any atom is 0.236 e. The molecule has 3 rings (SSSR count). The first-order valence-corrected chi connectivity index (χ1v) is 8.45. The zero-order valence-corrected chi connectivity index (χ0v) is 13.1. The van der Waals surface area contributed by atoms with Crippen LogP contribution in [0.1, 0.15) is 39.0 Å². The van der Waals surface area contributed by atoms with Gasteiger partial charge in [0.2, 0.25) is 5.91 Å². The van der Waals surface area contributed by atoms with Crippen molar-refractivity contribution in [3.8, 4) is 0 Å². The van der Waals surface area contributed by atoms with Gasteiger partial charge in [0.1, 0.15) is 0 Å². The van der Waals surface area contributed by atoms with E-state index in [1.165, 1.54) is 0 Å². The van der Waals surface area contributed by atoms with Gasteiger partial charge < -0.3 is 14.7 Å². The fourth-order valence-electron chi connectivity index (χ4n) is 4.20. The van der Waals surface area contributed by atoms with Crippen LogP contribution >= 0.6 is 0 Å². The average molecular weight is 296 g/mol. The molecule has 1 aliphatic carbocycles. The Labute approximate surface area is 127 Å². The Morgan fingerprint density at radius 3 is 2.48 bits per heavy atom. The first kappa shape index (κ1) is 15.3. The Kier molecular flexibility index (Phi) is 4.52. The molecule has 1 amide bonds. The maximum absolute atomic E-state index is 12.2. The second kappa shape index (κ2) is 6.23. The molecule has 2 unspecified atom stereocenters. The molecule has 0 aromatic heterocycles. The standard InChI is InChI=1S/C16H28N2O3/c1-2-21-14-11-13(19)16(14)5-9-17(10-6-16)12-15(20)18-7-3-4-8-18/h13-14,19H,2-12H2,1H3. The number of ether oxygens (including phenoxy) is 1. The summed E-state index contributed by atoms with van der Waals surface area (Å²) in [4.78, 5) is 16.4. The quantitative estimate of drug-likeness (QED) is 0.836. The number of hydrogen-bond donors (Lipinski definition) is 1. The topological polar surface area (TPSA) is 53.0 Å². The molecule has 0 radical (unpaired) electrons. The van der Waals surface area contributed by atoms with E-state index in [-0.39, 0.29) is 23.5 Å². The summed E-state index contributed by atoms with van der Waals surface area (Å²) in [6, 6.07) is 0. The van der Waals surface area contributed by atoms with Gasteiger partial charge in [-0.05, 0) is 45.7 Å². The molecule has 120 valence electrons. The lowest BCUT2D eigenvalue weighted by atomic mass is 9.58. The Bertz CT molecular complexity index is 372. The molecule has 0 aromatic carbocycles. The summed E-state index contributed by atoms with van der Waals surface area (Å²) in [5.41, 5.74) is -0.0385. The third-order valence-electron chi connectivity index (χ3n) is 5.71. The Morgan fingerprint density at radius 2 is 1.90 bits per heavy atom. The van der Waals surface area contributed by atoms with Gasteiger partial charge in [-0.2, -0.15) is 0 Å². The average Bonchev–Trinajstić information content (AvgIpc) is 3.02. The number of nitrogens with zero attached hydrogens (tertiary/aromatic N) is 2. The smallest absolute Gasteiger partial charge is 0.236 e. The number of rotatable bonds is 4. The zero-order chi connectivity index (χ0) is 14.9. The number of carbonyl (C=O) groups excluding carboxylic acids is 1. The lowest BCUT2D eigenvalue weighted by molar-refractivity contribution is -0.209. The lowest BCUT2D eigenvalue weighted by Gasteiger charge is -2.56. The van der Waals surface area contributed by atoms with Crippen molar-refractivity contribution in [3.63, 3.8) is 0 Å². The van der Waals surface area contributed by atoms with E-state index in [9.17, 15) is 9.90 Å². The van der Waals surface area contributed by atoms with Crippen LogP contribution in [0.2, 0.25) is 0 Å². The van der Waals surface area contributed by atoms with Crippen molar-refractivity contribution in [3.05, 3.63) is 0 Å². The van der Waals surface area contributed by atoms with Crippen LogP contribution in [0.3, 0.4) is 0 Å². The van der Waals surface area contributed by atoms with Crippen LogP contribution in [-0.4, -0.2) is 72.4 Å². The predicted octanol–water partition coefficient (Wildman–Crippen LogP) is 0.861. The minimum Gasteiger partial charge on any atom is -0.392 e. The molecule has 3 fully saturated rings. The molecule has 5 heteroatoms. The summed E-state index contributed by atoms with van der Waals surface area (Å²) in [6.45, 7) is 6.95. The second-order valence-electron chi connectivity index (χ2n) is 6.79. The monoisotopic (exact) mass is 296 g/mol. The highest BCUT2D eigenvalue weighted by atomic mass is 16.5. The Hall–Kier alpha value is -0.650. The highest BCUT2D eigenvalue weighted by molar-refractivity contribution is 5.78. The van der Waals surface area contributed by atoms with Gasteiger partial charge in [-0.15, -0.1) is 0 Å². The number of amides is 1. The van der Waals surface area contributed by atoms with Gasteiger partial charge in [0, 0.05) is 31.5 Å². The van der Waals surface area contributed by atoms with E-state index in [2.05, 4.69) is 4.90 Å². The van der Waals surface area contributed by atoms with Crippen LogP contribution in [-0.2, 0) is 9.53 Å². The minimum absolute atomic E-state index is 0.0385. The molecule has 2 aliphatic heterocycles. The third kappa shape index (κ3) is 2.83. The number of hydrogen-bond acceptors (Lipinski definition) is 4. The molecular formula is C16H28N2O3. The molecule has 3 aliphatic rings. The van der Waals surface area contributed by atoms with E-state index in [0.717, 1.165) is 64.9 Å². The fourth-order valence-corrected chi connectivity index (χ4v) is 4.20. The van der Waals surface area contributed by atoms with Crippen molar-refractivity contribution in [2.24, 2.45) is 5.41 Å². The normalized spacial score (nSPS) is 32.4. The van der Waals surface area contributed by atoms with E-state index in [1.807, 2.05) is 11.8 Å². The Balaban J connectivity index is 1.49. The molecule has 21 heavy (non-hydrogen) atoms. The van der Waals surface area contributed by atoms with Crippen molar-refractivity contribution in [2.75, 3.05) is 39.3 Å². The van der Waals surface area contributed by atoms with Crippen LogP contribution in [0.15, 0.2) is 0 Å². The molecule has 0 aromatic rings. The SMILES string of the molecule is CCOC1CC(O)C12CCN(CC(=O)N1CCCC1)CC2. The summed E-state index contributed by atoms with van der Waals surface area (Å²) < 4.78 is 5.79. The van der Waals surface area contributed by atoms with Crippen LogP contribution in [0.4, 0.5) is 0 Å². The van der Waals surface area contributed by atoms with Crippen LogP contribution in [0.25, 0.3) is 0 Å². The van der Waals surface area contributed by atoms with Crippen LogP contribution < -0.4 is 0 Å². The van der Waals surface area contributed by atoms with Crippen molar-refractivity contribution in [1.82, 2.24) is 9.80 Å². The molecule has 2 heterocycles. The predicted molar refractivity (Wildman–Crippen MR) is 80.0 cm³/mol. The minimum atomic E-state index is -0.217. The summed E-state index contributed by atoms with van der Waals surface area (Å²) in [5, 5.41) is 10.2. The zero-order valence-electron chi connectivity index (χ0n) is 13.1. The van der Waals surface area contributed by atoms with E-state index >= 15 is 0 Å². The van der Waals surface area contributed by atoms with Crippen molar-refractivity contribution < 1.29 is 14.6 Å². The number of carbonyl (C=O) groups is 1. The maximum atomic E-state index is 12.2. The molecule has 2 atom stereocenters. The molecule has 0 bridgehead atoms. The summed E-state index contributed by atoms with van der Waals surface area (Å²) in [6.07, 6.45) is 4.98. The van der Waals surface area contributed by atoms with Crippen LogP contribution in [0, 0.1) is 5.41 Å². The second-order valence-corrected chi connectivity index (χ2v) is 6.79. The van der Waals surface area contributed by atoms with Gasteiger partial charge in [-0.1, -0.05) is 0 Å². The van der Waals surface area contributed by atoms with Crippen molar-refractivity contribution >= 4 is 5.91 Å². The Morgan fingerprint density at radius 1 is 1.24 bits per heavy atom. The number of likely N-dealkylation sites (tertiary alicyclic amines) is 2. The van der Waals surface area contributed by atoms with E-state index in [0.29, 0.717) is 6.54 Å². The lowest BCUT2D eigenvalue weighted by Crippen LogP contribution is -2.62. The molecule has 1 N–H and O–H groups in total. The number of aliphatic hydroxyl groups is 1. The van der Waals surface area contributed by atoms with E-state index in [1.54, 1.807) is 0 Å². The van der Waals surface area contributed by atoms with Crippen molar-refractivity contribution in [1.29, 1.82) is 0 Å². The van der Waals surface area contributed by atoms with Gasteiger partial charge in [0.25, 0.3) is 0 Å². The van der Waals surface area contributed by atoms with Gasteiger partial charge in [0.15, 0.2) is 0 Å². The summed E-state index contributed by atoms with van der Waals surface area (Å²) in [7, 11) is 0. The fraction of sp³-hybridized carbons (Fsp3) is 0.938. The van der Waals surface area contributed by atoms with Gasteiger partial charge in [-0.3, -0.25) is 9.69 Å². The molecule has 5 nitrogen and oxygen atoms in total.